The van der Waals surface area contributed by atoms with Crippen LogP contribution in [-0.2, 0) is 11.3 Å². The van der Waals surface area contributed by atoms with Crippen molar-refractivity contribution < 1.29 is 4.74 Å². The van der Waals surface area contributed by atoms with Gasteiger partial charge in [0.2, 0.25) is 0 Å². The van der Waals surface area contributed by atoms with Gasteiger partial charge in [0.15, 0.2) is 0 Å². The molecule has 3 atom stereocenters. The van der Waals surface area contributed by atoms with E-state index in [-0.39, 0.29) is 0 Å². The maximum absolute atomic E-state index is 5.68. The van der Waals surface area contributed by atoms with Gasteiger partial charge < -0.3 is 10.1 Å². The van der Waals surface area contributed by atoms with Crippen LogP contribution in [0.5, 0.6) is 0 Å². The third-order valence-corrected chi connectivity index (χ3v) is 4.43. The molecule has 1 saturated carbocycles. The lowest BCUT2D eigenvalue weighted by atomic mass is 9.98. The Balaban J connectivity index is 1.60. The molecule has 0 radical (unpaired) electrons. The van der Waals surface area contributed by atoms with Crippen molar-refractivity contribution in [1.82, 2.24) is 5.32 Å². The molecule has 3 unspecified atom stereocenters. The average molecular weight is 245 g/mol. The van der Waals surface area contributed by atoms with E-state index in [0.717, 1.165) is 31.6 Å². The van der Waals surface area contributed by atoms with Crippen molar-refractivity contribution in [2.45, 2.75) is 38.8 Å². The molecule has 98 valence electrons. The molecule has 1 fully saturated rings. The molecule has 1 heterocycles. The first kappa shape index (κ1) is 12.2. The largest absolute Gasteiger partial charge is 0.375 e. The Labute approximate surface area is 110 Å². The predicted molar refractivity (Wildman–Crippen MR) is 73.3 cm³/mol. The van der Waals surface area contributed by atoms with E-state index in [1.165, 1.54) is 30.4 Å². The fraction of sp³-hybridized carbons (Fsp3) is 0.625. The highest BCUT2D eigenvalue weighted by molar-refractivity contribution is 5.31. The maximum Gasteiger partial charge on any atom is 0.0721 e. The second kappa shape index (κ2) is 5.41. The van der Waals surface area contributed by atoms with Gasteiger partial charge in [-0.25, -0.2) is 0 Å². The fourth-order valence-electron chi connectivity index (χ4n) is 3.37. The van der Waals surface area contributed by atoms with Crippen LogP contribution in [0.2, 0.25) is 0 Å². The van der Waals surface area contributed by atoms with Crippen LogP contribution < -0.4 is 5.32 Å². The van der Waals surface area contributed by atoms with E-state index in [0.29, 0.717) is 6.04 Å². The fourth-order valence-corrected chi connectivity index (χ4v) is 3.37. The number of hydrogen-bond acceptors (Lipinski definition) is 2. The Hall–Kier alpha value is -0.860. The van der Waals surface area contributed by atoms with E-state index in [9.17, 15) is 0 Å². The molecule has 1 aromatic rings. The molecule has 0 bridgehead atoms. The molecule has 1 aliphatic carbocycles. The Morgan fingerprint density at radius 1 is 1.28 bits per heavy atom. The van der Waals surface area contributed by atoms with Gasteiger partial charge in [0, 0.05) is 0 Å². The minimum Gasteiger partial charge on any atom is -0.375 e. The highest BCUT2D eigenvalue weighted by Gasteiger charge is 2.24. The highest BCUT2D eigenvalue weighted by Crippen LogP contribution is 2.31. The molecule has 3 rings (SSSR count). The molecular formula is C16H23NO. The topological polar surface area (TPSA) is 21.3 Å². The molecule has 0 amide bonds. The molecule has 2 aliphatic rings. The van der Waals surface area contributed by atoms with Crippen LogP contribution in [0.1, 0.15) is 43.4 Å². The summed E-state index contributed by atoms with van der Waals surface area (Å²) in [6.45, 7) is 5.11. The van der Waals surface area contributed by atoms with E-state index in [1.54, 1.807) is 0 Å². The molecule has 1 N–H and O–H groups in total. The zero-order valence-corrected chi connectivity index (χ0v) is 11.2. The molecule has 2 nitrogen and oxygen atoms in total. The molecule has 2 heteroatoms. The summed E-state index contributed by atoms with van der Waals surface area (Å²) in [5.74, 6) is 1.79. The summed E-state index contributed by atoms with van der Waals surface area (Å²) in [6.07, 6.45) is 4.19. The van der Waals surface area contributed by atoms with Crippen LogP contribution in [0.3, 0.4) is 0 Å². The third-order valence-electron chi connectivity index (χ3n) is 4.43. The summed E-state index contributed by atoms with van der Waals surface area (Å²) in [4.78, 5) is 0. The SMILES string of the molecule is CC1CCC(CNC2COCc3ccccc32)C1. The monoisotopic (exact) mass is 245 g/mol. The number of nitrogens with one attached hydrogen (secondary N) is 1. The van der Waals surface area contributed by atoms with E-state index in [2.05, 4.69) is 36.5 Å². The van der Waals surface area contributed by atoms with Gasteiger partial charge in [0.25, 0.3) is 0 Å². The van der Waals surface area contributed by atoms with Crippen molar-refractivity contribution in [2.75, 3.05) is 13.2 Å². The molecule has 0 spiro atoms. The highest BCUT2D eigenvalue weighted by atomic mass is 16.5. The number of hydrogen-bond donors (Lipinski definition) is 1. The van der Waals surface area contributed by atoms with Crippen LogP contribution in [0, 0.1) is 11.8 Å². The first-order valence-corrected chi connectivity index (χ1v) is 7.22. The second-order valence-corrected chi connectivity index (χ2v) is 5.96. The molecule has 0 saturated heterocycles. The van der Waals surface area contributed by atoms with Crippen molar-refractivity contribution in [2.24, 2.45) is 11.8 Å². The van der Waals surface area contributed by atoms with Gasteiger partial charge in [-0.2, -0.15) is 0 Å². The van der Waals surface area contributed by atoms with Crippen LogP contribution in [0.25, 0.3) is 0 Å². The Morgan fingerprint density at radius 2 is 2.17 bits per heavy atom. The van der Waals surface area contributed by atoms with E-state index >= 15 is 0 Å². The normalized spacial score (nSPS) is 31.3. The second-order valence-electron chi connectivity index (χ2n) is 5.96. The van der Waals surface area contributed by atoms with Crippen molar-refractivity contribution >= 4 is 0 Å². The number of ether oxygens (including phenoxy) is 1. The number of benzene rings is 1. The Morgan fingerprint density at radius 3 is 3.00 bits per heavy atom. The van der Waals surface area contributed by atoms with E-state index < -0.39 is 0 Å². The third kappa shape index (κ3) is 2.60. The lowest BCUT2D eigenvalue weighted by Crippen LogP contribution is -2.32. The molecule has 18 heavy (non-hydrogen) atoms. The predicted octanol–water partition coefficient (Wildman–Crippen LogP) is 3.28. The van der Waals surface area contributed by atoms with Gasteiger partial charge in [-0.3, -0.25) is 0 Å². The van der Waals surface area contributed by atoms with Gasteiger partial charge in [-0.05, 0) is 42.3 Å². The molecule has 1 aromatic carbocycles. The van der Waals surface area contributed by atoms with Crippen molar-refractivity contribution in [3.8, 4) is 0 Å². The number of fused-ring (bicyclic) bond motifs is 1. The van der Waals surface area contributed by atoms with Gasteiger partial charge in [-0.1, -0.05) is 37.6 Å². The minimum atomic E-state index is 0.394. The summed E-state index contributed by atoms with van der Waals surface area (Å²) in [5, 5.41) is 3.72. The maximum atomic E-state index is 5.68. The van der Waals surface area contributed by atoms with Gasteiger partial charge in [-0.15, -0.1) is 0 Å². The first-order valence-electron chi connectivity index (χ1n) is 7.22. The molecule has 0 aromatic heterocycles. The van der Waals surface area contributed by atoms with E-state index in [1.807, 2.05) is 0 Å². The zero-order valence-electron chi connectivity index (χ0n) is 11.2. The standard InChI is InChI=1S/C16H23NO/c1-12-6-7-13(8-12)9-17-16-11-18-10-14-4-2-3-5-15(14)16/h2-5,12-13,16-17H,6-11H2,1H3. The van der Waals surface area contributed by atoms with Crippen molar-refractivity contribution in [3.05, 3.63) is 35.4 Å². The van der Waals surface area contributed by atoms with Crippen LogP contribution in [-0.4, -0.2) is 13.2 Å². The lowest BCUT2D eigenvalue weighted by Gasteiger charge is -2.27. The summed E-state index contributed by atoms with van der Waals surface area (Å²) in [6, 6.07) is 9.05. The lowest BCUT2D eigenvalue weighted by molar-refractivity contribution is 0.0809. The van der Waals surface area contributed by atoms with Crippen molar-refractivity contribution in [1.29, 1.82) is 0 Å². The first-order chi connectivity index (χ1) is 8.83. The van der Waals surface area contributed by atoms with Crippen LogP contribution in [0.15, 0.2) is 24.3 Å². The Kier molecular flexibility index (Phi) is 3.67. The summed E-state index contributed by atoms with van der Waals surface area (Å²) in [5.41, 5.74) is 2.79. The van der Waals surface area contributed by atoms with Crippen LogP contribution >= 0.6 is 0 Å². The number of rotatable bonds is 3. The average Bonchev–Trinajstić information content (AvgIpc) is 2.82. The summed E-state index contributed by atoms with van der Waals surface area (Å²) >= 11 is 0. The quantitative estimate of drug-likeness (QED) is 0.882. The molecular weight excluding hydrogens is 222 g/mol. The van der Waals surface area contributed by atoms with Crippen molar-refractivity contribution in [3.63, 3.8) is 0 Å². The smallest absolute Gasteiger partial charge is 0.0721 e. The van der Waals surface area contributed by atoms with Gasteiger partial charge in [0.1, 0.15) is 0 Å². The summed E-state index contributed by atoms with van der Waals surface area (Å²) in [7, 11) is 0. The van der Waals surface area contributed by atoms with Gasteiger partial charge >= 0.3 is 0 Å². The van der Waals surface area contributed by atoms with E-state index in [4.69, 9.17) is 4.74 Å². The van der Waals surface area contributed by atoms with Crippen LogP contribution in [0.4, 0.5) is 0 Å². The Bertz CT molecular complexity index is 404. The minimum absolute atomic E-state index is 0.394. The van der Waals surface area contributed by atoms with Gasteiger partial charge in [0.05, 0.1) is 19.3 Å². The molecule has 1 aliphatic heterocycles. The summed E-state index contributed by atoms with van der Waals surface area (Å²) < 4.78 is 5.68. The zero-order chi connectivity index (χ0) is 12.4.